The zero-order valence-corrected chi connectivity index (χ0v) is 14.3. The molecule has 0 radical (unpaired) electrons. The zero-order chi connectivity index (χ0) is 13.4. The predicted molar refractivity (Wildman–Crippen MR) is 90.2 cm³/mol. The lowest BCUT2D eigenvalue weighted by Gasteiger charge is -2.11. The molecule has 0 atom stereocenters. The molecule has 0 aliphatic rings. The monoisotopic (exact) mass is 399 g/mol. The summed E-state index contributed by atoms with van der Waals surface area (Å²) in [5, 5.41) is 6.82. The number of benzene rings is 1. The fourth-order valence-corrected chi connectivity index (χ4v) is 1.77. The van der Waals surface area contributed by atoms with E-state index in [4.69, 9.17) is 11.6 Å². The summed E-state index contributed by atoms with van der Waals surface area (Å²) >= 11 is 5.95. The molecule has 0 saturated carbocycles. The van der Waals surface area contributed by atoms with Crippen LogP contribution in [0.4, 0.5) is 4.39 Å². The summed E-state index contributed by atoms with van der Waals surface area (Å²) in [6.45, 7) is 3.68. The van der Waals surface area contributed by atoms with Crippen molar-refractivity contribution in [3.05, 3.63) is 34.6 Å². The van der Waals surface area contributed by atoms with Gasteiger partial charge in [-0.15, -0.1) is 24.0 Å². The molecule has 0 aliphatic heterocycles. The molecule has 0 heterocycles. The van der Waals surface area contributed by atoms with Crippen molar-refractivity contribution >= 4 is 41.5 Å². The number of nitrogens with one attached hydrogen (secondary N) is 2. The third-order valence-electron chi connectivity index (χ3n) is 2.47. The van der Waals surface area contributed by atoms with Gasteiger partial charge in [-0.25, -0.2) is 4.39 Å². The van der Waals surface area contributed by atoms with Crippen LogP contribution in [0.25, 0.3) is 0 Å². The number of aliphatic imine (C=N–C) groups is 1. The van der Waals surface area contributed by atoms with Gasteiger partial charge in [0, 0.05) is 25.2 Å². The van der Waals surface area contributed by atoms with E-state index in [-0.39, 0.29) is 29.8 Å². The van der Waals surface area contributed by atoms with Crippen LogP contribution in [0.1, 0.15) is 18.9 Å². The van der Waals surface area contributed by atoms with E-state index in [9.17, 15) is 4.39 Å². The second kappa shape index (κ2) is 10.3. The minimum absolute atomic E-state index is 0. The molecule has 0 bridgehead atoms. The van der Waals surface area contributed by atoms with Gasteiger partial charge in [-0.05, 0) is 30.5 Å². The van der Waals surface area contributed by atoms with Crippen molar-refractivity contribution in [3.63, 3.8) is 0 Å². The molecule has 1 aromatic carbocycles. The number of hydrogen-bond acceptors (Lipinski definition) is 1. The van der Waals surface area contributed by atoms with Crippen molar-refractivity contribution in [1.82, 2.24) is 10.6 Å². The summed E-state index contributed by atoms with van der Waals surface area (Å²) in [5.74, 6) is 0.465. The number of rotatable bonds is 5. The Balaban J connectivity index is 0.00000324. The van der Waals surface area contributed by atoms with Crippen LogP contribution in [-0.2, 0) is 6.42 Å². The Morgan fingerprint density at radius 3 is 2.58 bits per heavy atom. The maximum atomic E-state index is 12.9. The largest absolute Gasteiger partial charge is 0.356 e. The standard InChI is InChI=1S/C13H19ClFN3.HI/c1-3-7-17-13(16-2)18-8-6-10-4-5-11(15)9-12(10)14;/h4-5,9H,3,6-8H2,1-2H3,(H2,16,17,18);1H. The first kappa shape index (κ1) is 18.4. The second-order valence-electron chi connectivity index (χ2n) is 3.91. The fraction of sp³-hybridized carbons (Fsp3) is 0.462. The molecule has 0 spiro atoms. The second-order valence-corrected chi connectivity index (χ2v) is 4.32. The fourth-order valence-electron chi connectivity index (χ4n) is 1.50. The zero-order valence-electron chi connectivity index (χ0n) is 11.2. The minimum Gasteiger partial charge on any atom is -0.356 e. The Bertz CT molecular complexity index is 413. The van der Waals surface area contributed by atoms with Gasteiger partial charge in [0.2, 0.25) is 0 Å². The van der Waals surface area contributed by atoms with E-state index in [0.29, 0.717) is 11.6 Å². The van der Waals surface area contributed by atoms with Gasteiger partial charge < -0.3 is 10.6 Å². The normalized spacial score (nSPS) is 10.8. The molecule has 0 amide bonds. The highest BCUT2D eigenvalue weighted by Gasteiger charge is 2.02. The first-order valence-electron chi connectivity index (χ1n) is 6.05. The van der Waals surface area contributed by atoms with Crippen LogP contribution in [0, 0.1) is 5.82 Å². The van der Waals surface area contributed by atoms with Crippen molar-refractivity contribution in [2.75, 3.05) is 20.1 Å². The van der Waals surface area contributed by atoms with Crippen molar-refractivity contribution < 1.29 is 4.39 Å². The molecule has 1 rings (SSSR count). The number of nitrogens with zero attached hydrogens (tertiary/aromatic N) is 1. The van der Waals surface area contributed by atoms with E-state index >= 15 is 0 Å². The molecule has 1 aromatic rings. The van der Waals surface area contributed by atoms with Crippen molar-refractivity contribution in [2.24, 2.45) is 4.99 Å². The predicted octanol–water partition coefficient (Wildman–Crippen LogP) is 3.21. The van der Waals surface area contributed by atoms with E-state index in [1.165, 1.54) is 12.1 Å². The number of guanidine groups is 1. The Hall–Kier alpha value is -0.560. The summed E-state index contributed by atoms with van der Waals surface area (Å²) < 4.78 is 12.9. The SMILES string of the molecule is CCCNC(=NC)NCCc1ccc(F)cc1Cl.I. The quantitative estimate of drug-likeness (QED) is 0.453. The third-order valence-corrected chi connectivity index (χ3v) is 2.82. The van der Waals surface area contributed by atoms with Crippen LogP contribution in [0.5, 0.6) is 0 Å². The molecule has 6 heteroatoms. The molecule has 19 heavy (non-hydrogen) atoms. The average Bonchev–Trinajstić information content (AvgIpc) is 2.36. The van der Waals surface area contributed by atoms with Gasteiger partial charge in [-0.3, -0.25) is 4.99 Å². The Morgan fingerprint density at radius 2 is 2.00 bits per heavy atom. The summed E-state index contributed by atoms with van der Waals surface area (Å²) in [5.41, 5.74) is 0.927. The van der Waals surface area contributed by atoms with Gasteiger partial charge in [0.1, 0.15) is 5.82 Å². The number of hydrogen-bond donors (Lipinski definition) is 2. The topological polar surface area (TPSA) is 36.4 Å². The first-order valence-corrected chi connectivity index (χ1v) is 6.43. The van der Waals surface area contributed by atoms with E-state index in [0.717, 1.165) is 30.9 Å². The van der Waals surface area contributed by atoms with Crippen LogP contribution in [-0.4, -0.2) is 26.1 Å². The summed E-state index contributed by atoms with van der Waals surface area (Å²) in [7, 11) is 1.73. The molecule has 0 aliphatic carbocycles. The third kappa shape index (κ3) is 6.96. The van der Waals surface area contributed by atoms with Crippen LogP contribution in [0.2, 0.25) is 5.02 Å². The molecule has 0 saturated heterocycles. The smallest absolute Gasteiger partial charge is 0.190 e. The molecular formula is C13H20ClFIN3. The first-order chi connectivity index (χ1) is 8.67. The summed E-state index contributed by atoms with van der Waals surface area (Å²) in [4.78, 5) is 4.09. The highest BCUT2D eigenvalue weighted by Crippen LogP contribution is 2.17. The van der Waals surface area contributed by atoms with Gasteiger partial charge in [0.05, 0.1) is 0 Å². The molecule has 3 nitrogen and oxygen atoms in total. The summed E-state index contributed by atoms with van der Waals surface area (Å²) in [6.07, 6.45) is 1.77. The lowest BCUT2D eigenvalue weighted by atomic mass is 10.1. The highest BCUT2D eigenvalue weighted by atomic mass is 127. The lowest BCUT2D eigenvalue weighted by Crippen LogP contribution is -2.38. The average molecular weight is 400 g/mol. The van der Waals surface area contributed by atoms with Gasteiger partial charge in [-0.2, -0.15) is 0 Å². The summed E-state index contributed by atoms with van der Waals surface area (Å²) in [6, 6.07) is 4.47. The number of halogens is 3. The minimum atomic E-state index is -0.308. The van der Waals surface area contributed by atoms with Crippen molar-refractivity contribution in [2.45, 2.75) is 19.8 Å². The highest BCUT2D eigenvalue weighted by molar-refractivity contribution is 14.0. The molecule has 2 N–H and O–H groups in total. The van der Waals surface area contributed by atoms with E-state index in [1.807, 2.05) is 0 Å². The Morgan fingerprint density at radius 1 is 1.32 bits per heavy atom. The molecule has 0 fully saturated rings. The molecule has 0 unspecified atom stereocenters. The van der Waals surface area contributed by atoms with Crippen molar-refractivity contribution in [1.29, 1.82) is 0 Å². The van der Waals surface area contributed by atoms with Crippen molar-refractivity contribution in [3.8, 4) is 0 Å². The van der Waals surface area contributed by atoms with Gasteiger partial charge in [0.15, 0.2) is 5.96 Å². The van der Waals surface area contributed by atoms with Crippen LogP contribution in [0.3, 0.4) is 0 Å². The maximum Gasteiger partial charge on any atom is 0.190 e. The Labute approximate surface area is 136 Å². The van der Waals surface area contributed by atoms with Gasteiger partial charge >= 0.3 is 0 Å². The Kier molecular flexibility index (Phi) is 9.95. The lowest BCUT2D eigenvalue weighted by molar-refractivity contribution is 0.627. The van der Waals surface area contributed by atoms with Crippen LogP contribution in [0.15, 0.2) is 23.2 Å². The van der Waals surface area contributed by atoms with Gasteiger partial charge in [0.25, 0.3) is 0 Å². The molecule has 0 aromatic heterocycles. The van der Waals surface area contributed by atoms with Crippen LogP contribution < -0.4 is 10.6 Å². The van der Waals surface area contributed by atoms with E-state index in [2.05, 4.69) is 22.5 Å². The molecular weight excluding hydrogens is 380 g/mol. The molecule has 108 valence electrons. The van der Waals surface area contributed by atoms with E-state index < -0.39 is 0 Å². The van der Waals surface area contributed by atoms with Crippen LogP contribution >= 0.6 is 35.6 Å². The van der Waals surface area contributed by atoms with Gasteiger partial charge in [-0.1, -0.05) is 24.6 Å². The maximum absolute atomic E-state index is 12.9. The van der Waals surface area contributed by atoms with E-state index in [1.54, 1.807) is 13.1 Å².